The van der Waals surface area contributed by atoms with Gasteiger partial charge in [-0.3, -0.25) is 0 Å². The monoisotopic (exact) mass is 232 g/mol. The summed E-state index contributed by atoms with van der Waals surface area (Å²) in [5, 5.41) is 8.72. The maximum absolute atomic E-state index is 13.1. The van der Waals surface area contributed by atoms with E-state index >= 15 is 0 Å². The zero-order chi connectivity index (χ0) is 12.1. The standard InChI is InChI=1S/C10H10F2O4/c1-15-2-3-16-8-5-6(11)4-7(12)9(8)10(13)14/h4-5H,2-3H2,1H3,(H,13,14). The Hall–Kier alpha value is -1.69. The Morgan fingerprint density at radius 3 is 2.62 bits per heavy atom. The maximum Gasteiger partial charge on any atom is 0.342 e. The van der Waals surface area contributed by atoms with Crippen LogP contribution in [0.2, 0.25) is 0 Å². The molecule has 0 unspecified atom stereocenters. The lowest BCUT2D eigenvalue weighted by atomic mass is 10.2. The molecule has 1 aromatic carbocycles. The number of ether oxygens (including phenoxy) is 2. The van der Waals surface area contributed by atoms with Crippen LogP contribution in [0.4, 0.5) is 8.78 Å². The largest absolute Gasteiger partial charge is 0.490 e. The van der Waals surface area contributed by atoms with Gasteiger partial charge in [-0.25, -0.2) is 13.6 Å². The van der Waals surface area contributed by atoms with E-state index in [1.165, 1.54) is 7.11 Å². The summed E-state index contributed by atoms with van der Waals surface area (Å²) in [7, 11) is 1.42. The zero-order valence-corrected chi connectivity index (χ0v) is 8.50. The molecule has 0 saturated carbocycles. The van der Waals surface area contributed by atoms with E-state index in [1.54, 1.807) is 0 Å². The molecule has 0 atom stereocenters. The topological polar surface area (TPSA) is 55.8 Å². The van der Waals surface area contributed by atoms with E-state index in [2.05, 4.69) is 4.74 Å². The lowest BCUT2D eigenvalue weighted by Crippen LogP contribution is -2.10. The number of halogens is 2. The van der Waals surface area contributed by atoms with Crippen LogP contribution < -0.4 is 4.74 Å². The lowest BCUT2D eigenvalue weighted by Gasteiger charge is -2.09. The third-order valence-corrected chi connectivity index (χ3v) is 1.78. The highest BCUT2D eigenvalue weighted by molar-refractivity contribution is 5.91. The first kappa shape index (κ1) is 12.4. The van der Waals surface area contributed by atoms with E-state index in [-0.39, 0.29) is 19.0 Å². The van der Waals surface area contributed by atoms with Crippen LogP contribution in [-0.4, -0.2) is 31.4 Å². The van der Waals surface area contributed by atoms with E-state index in [9.17, 15) is 13.6 Å². The number of carboxylic acid groups (broad SMARTS) is 1. The summed E-state index contributed by atoms with van der Waals surface area (Å²) in [6.45, 7) is 0.205. The minimum Gasteiger partial charge on any atom is -0.490 e. The van der Waals surface area contributed by atoms with E-state index in [0.717, 1.165) is 6.07 Å². The molecular weight excluding hydrogens is 222 g/mol. The maximum atomic E-state index is 13.1. The van der Waals surface area contributed by atoms with Crippen molar-refractivity contribution in [3.63, 3.8) is 0 Å². The number of methoxy groups -OCH3 is 1. The summed E-state index contributed by atoms with van der Waals surface area (Å²) >= 11 is 0. The smallest absolute Gasteiger partial charge is 0.342 e. The molecule has 0 aliphatic heterocycles. The summed E-state index contributed by atoms with van der Waals surface area (Å²) in [4.78, 5) is 10.7. The van der Waals surface area contributed by atoms with Crippen molar-refractivity contribution in [2.75, 3.05) is 20.3 Å². The number of aromatic carboxylic acids is 1. The van der Waals surface area contributed by atoms with Crippen LogP contribution in [0.25, 0.3) is 0 Å². The molecule has 88 valence electrons. The molecule has 0 radical (unpaired) electrons. The Kier molecular flexibility index (Phi) is 4.19. The Morgan fingerprint density at radius 1 is 1.38 bits per heavy atom. The summed E-state index contributed by atoms with van der Waals surface area (Å²) in [6, 6.07) is 1.31. The van der Waals surface area contributed by atoms with Crippen molar-refractivity contribution in [2.24, 2.45) is 0 Å². The van der Waals surface area contributed by atoms with Crippen molar-refractivity contribution in [3.05, 3.63) is 29.3 Å². The molecular formula is C10H10F2O4. The summed E-state index contributed by atoms with van der Waals surface area (Å²) in [5.74, 6) is -3.91. The van der Waals surface area contributed by atoms with Crippen LogP contribution in [0.1, 0.15) is 10.4 Å². The first-order chi connectivity index (χ1) is 7.56. The van der Waals surface area contributed by atoms with Crippen LogP contribution in [-0.2, 0) is 4.74 Å². The fourth-order valence-corrected chi connectivity index (χ4v) is 1.11. The van der Waals surface area contributed by atoms with Gasteiger partial charge in [0.15, 0.2) is 0 Å². The lowest BCUT2D eigenvalue weighted by molar-refractivity contribution is 0.0684. The molecule has 1 N–H and O–H groups in total. The molecule has 1 aromatic rings. The molecule has 6 heteroatoms. The van der Waals surface area contributed by atoms with Crippen LogP contribution in [0, 0.1) is 11.6 Å². The van der Waals surface area contributed by atoms with Gasteiger partial charge in [0, 0.05) is 19.2 Å². The van der Waals surface area contributed by atoms with Gasteiger partial charge < -0.3 is 14.6 Å². The molecule has 0 spiro atoms. The Morgan fingerprint density at radius 2 is 2.06 bits per heavy atom. The average molecular weight is 232 g/mol. The molecule has 1 rings (SSSR count). The van der Waals surface area contributed by atoms with Crippen molar-refractivity contribution in [1.82, 2.24) is 0 Å². The Balaban J connectivity index is 2.99. The van der Waals surface area contributed by atoms with Crippen molar-refractivity contribution >= 4 is 5.97 Å². The van der Waals surface area contributed by atoms with Crippen LogP contribution in [0.15, 0.2) is 12.1 Å². The van der Waals surface area contributed by atoms with Gasteiger partial charge in [0.05, 0.1) is 6.61 Å². The number of hydrogen-bond acceptors (Lipinski definition) is 3. The number of benzene rings is 1. The molecule has 0 amide bonds. The van der Waals surface area contributed by atoms with Gasteiger partial charge in [0.25, 0.3) is 0 Å². The predicted octanol–water partition coefficient (Wildman–Crippen LogP) is 1.69. The highest BCUT2D eigenvalue weighted by atomic mass is 19.1. The van der Waals surface area contributed by atoms with Gasteiger partial charge >= 0.3 is 5.97 Å². The molecule has 0 aliphatic rings. The average Bonchev–Trinajstić information content (AvgIpc) is 2.16. The van der Waals surface area contributed by atoms with Crippen molar-refractivity contribution in [1.29, 1.82) is 0 Å². The van der Waals surface area contributed by atoms with E-state index in [4.69, 9.17) is 9.84 Å². The second kappa shape index (κ2) is 5.41. The molecule has 4 nitrogen and oxygen atoms in total. The molecule has 0 saturated heterocycles. The van der Waals surface area contributed by atoms with E-state index < -0.39 is 23.2 Å². The van der Waals surface area contributed by atoms with E-state index in [0.29, 0.717) is 6.07 Å². The zero-order valence-electron chi connectivity index (χ0n) is 8.50. The molecule has 0 fully saturated rings. The number of hydrogen-bond donors (Lipinski definition) is 1. The number of carbonyl (C=O) groups is 1. The fraction of sp³-hybridized carbons (Fsp3) is 0.300. The Labute approximate surface area is 90.4 Å². The quantitative estimate of drug-likeness (QED) is 0.785. The summed E-state index contributed by atoms with van der Waals surface area (Å²) in [6.07, 6.45) is 0. The second-order valence-electron chi connectivity index (χ2n) is 2.91. The normalized spacial score (nSPS) is 10.2. The first-order valence-electron chi connectivity index (χ1n) is 4.40. The molecule has 0 aromatic heterocycles. The van der Waals surface area contributed by atoms with Crippen molar-refractivity contribution in [3.8, 4) is 5.75 Å². The van der Waals surface area contributed by atoms with Crippen molar-refractivity contribution in [2.45, 2.75) is 0 Å². The van der Waals surface area contributed by atoms with Crippen LogP contribution in [0.5, 0.6) is 5.75 Å². The summed E-state index contributed by atoms with van der Waals surface area (Å²) < 4.78 is 35.6. The molecule has 16 heavy (non-hydrogen) atoms. The predicted molar refractivity (Wildman–Crippen MR) is 50.7 cm³/mol. The molecule has 0 heterocycles. The van der Waals surface area contributed by atoms with Gasteiger partial charge in [0.2, 0.25) is 0 Å². The number of carboxylic acids is 1. The van der Waals surface area contributed by atoms with Gasteiger partial charge in [-0.05, 0) is 0 Å². The highest BCUT2D eigenvalue weighted by Crippen LogP contribution is 2.23. The van der Waals surface area contributed by atoms with Gasteiger partial charge in [-0.15, -0.1) is 0 Å². The minimum atomic E-state index is -1.51. The van der Waals surface area contributed by atoms with Gasteiger partial charge in [-0.1, -0.05) is 0 Å². The fourth-order valence-electron chi connectivity index (χ4n) is 1.11. The third-order valence-electron chi connectivity index (χ3n) is 1.78. The highest BCUT2D eigenvalue weighted by Gasteiger charge is 2.18. The molecule has 0 bridgehead atoms. The number of rotatable bonds is 5. The SMILES string of the molecule is COCCOc1cc(F)cc(F)c1C(=O)O. The van der Waals surface area contributed by atoms with Crippen LogP contribution >= 0.6 is 0 Å². The van der Waals surface area contributed by atoms with E-state index in [1.807, 2.05) is 0 Å². The van der Waals surface area contributed by atoms with Crippen LogP contribution in [0.3, 0.4) is 0 Å². The van der Waals surface area contributed by atoms with Gasteiger partial charge in [0.1, 0.15) is 29.6 Å². The van der Waals surface area contributed by atoms with Crippen molar-refractivity contribution < 1.29 is 28.2 Å². The first-order valence-corrected chi connectivity index (χ1v) is 4.40. The second-order valence-corrected chi connectivity index (χ2v) is 2.91. The Bertz CT molecular complexity index is 393. The minimum absolute atomic E-state index is 0.0136. The summed E-state index contributed by atoms with van der Waals surface area (Å²) in [5.41, 5.74) is -0.683. The third kappa shape index (κ3) is 2.90. The van der Waals surface area contributed by atoms with Gasteiger partial charge in [-0.2, -0.15) is 0 Å². The molecule has 0 aliphatic carbocycles.